The summed E-state index contributed by atoms with van der Waals surface area (Å²) in [6.45, 7) is 3.07. The Morgan fingerprint density at radius 2 is 1.73 bits per heavy atom. The van der Waals surface area contributed by atoms with Gasteiger partial charge in [-0.3, -0.25) is 9.59 Å². The number of aromatic amines is 1. The summed E-state index contributed by atoms with van der Waals surface area (Å²) in [7, 11) is 2.01. The number of hydrogen-bond donors (Lipinski definition) is 2. The van der Waals surface area contributed by atoms with Crippen molar-refractivity contribution in [3.05, 3.63) is 65.9 Å². The maximum absolute atomic E-state index is 12.5. The maximum Gasteiger partial charge on any atom is 0.292 e. The number of ketones is 1. The zero-order chi connectivity index (χ0) is 18.5. The fraction of sp³-hybridized carbons (Fsp3) is 0.238. The van der Waals surface area contributed by atoms with Gasteiger partial charge in [-0.15, -0.1) is 0 Å². The molecule has 0 spiro atoms. The molecule has 5 heteroatoms. The van der Waals surface area contributed by atoms with Crippen LogP contribution in [0.4, 0.5) is 5.69 Å². The molecule has 0 aliphatic heterocycles. The van der Waals surface area contributed by atoms with Crippen molar-refractivity contribution in [2.45, 2.75) is 13.3 Å². The summed E-state index contributed by atoms with van der Waals surface area (Å²) in [4.78, 5) is 30.1. The highest BCUT2D eigenvalue weighted by molar-refractivity contribution is 6.45. The van der Waals surface area contributed by atoms with Gasteiger partial charge in [-0.05, 0) is 31.5 Å². The van der Waals surface area contributed by atoms with E-state index < -0.39 is 11.7 Å². The van der Waals surface area contributed by atoms with Gasteiger partial charge in [0.15, 0.2) is 0 Å². The topological polar surface area (TPSA) is 65.2 Å². The van der Waals surface area contributed by atoms with Crippen molar-refractivity contribution in [3.8, 4) is 0 Å². The Hall–Kier alpha value is -3.08. The third-order valence-electron chi connectivity index (χ3n) is 4.48. The molecule has 26 heavy (non-hydrogen) atoms. The normalized spacial score (nSPS) is 10.7. The summed E-state index contributed by atoms with van der Waals surface area (Å²) in [6.07, 6.45) is 0.761. The fourth-order valence-corrected chi connectivity index (χ4v) is 3.09. The average Bonchev–Trinajstić information content (AvgIpc) is 3.00. The predicted molar refractivity (Wildman–Crippen MR) is 105 cm³/mol. The van der Waals surface area contributed by atoms with Crippen LogP contribution in [0, 0.1) is 6.92 Å². The van der Waals surface area contributed by atoms with Gasteiger partial charge in [-0.2, -0.15) is 0 Å². The Morgan fingerprint density at radius 1 is 1.04 bits per heavy atom. The van der Waals surface area contributed by atoms with Gasteiger partial charge in [0.25, 0.3) is 11.7 Å². The first-order valence-corrected chi connectivity index (χ1v) is 8.74. The van der Waals surface area contributed by atoms with E-state index in [2.05, 4.69) is 15.2 Å². The molecule has 1 aromatic heterocycles. The van der Waals surface area contributed by atoms with Gasteiger partial charge >= 0.3 is 0 Å². The number of aryl methyl sites for hydroxylation is 1. The van der Waals surface area contributed by atoms with Crippen LogP contribution in [0.15, 0.2) is 54.6 Å². The number of carbonyl (C=O) groups excluding carboxylic acids is 2. The van der Waals surface area contributed by atoms with E-state index in [9.17, 15) is 9.59 Å². The van der Waals surface area contributed by atoms with Crippen LogP contribution in [0.3, 0.4) is 0 Å². The molecule has 3 aromatic rings. The third kappa shape index (κ3) is 3.77. The Balaban J connectivity index is 1.55. The lowest BCUT2D eigenvalue weighted by molar-refractivity contribution is -0.117. The summed E-state index contributed by atoms with van der Waals surface area (Å²) in [5, 5.41) is 3.53. The number of fused-ring (bicyclic) bond motifs is 1. The van der Waals surface area contributed by atoms with Crippen molar-refractivity contribution < 1.29 is 9.59 Å². The molecule has 0 bridgehead atoms. The molecule has 0 aliphatic carbocycles. The van der Waals surface area contributed by atoms with Crippen molar-refractivity contribution in [1.29, 1.82) is 0 Å². The lowest BCUT2D eigenvalue weighted by Gasteiger charge is -2.19. The van der Waals surface area contributed by atoms with Crippen LogP contribution in [0.1, 0.15) is 22.5 Å². The largest absolute Gasteiger partial charge is 0.375 e. The molecule has 0 radical (unpaired) electrons. The van der Waals surface area contributed by atoms with Crippen LogP contribution in [-0.2, 0) is 4.79 Å². The lowest BCUT2D eigenvalue weighted by Crippen LogP contribution is -2.33. The molecule has 0 saturated heterocycles. The van der Waals surface area contributed by atoms with E-state index in [-0.39, 0.29) is 0 Å². The molecule has 0 saturated carbocycles. The summed E-state index contributed by atoms with van der Waals surface area (Å²) < 4.78 is 0. The summed E-state index contributed by atoms with van der Waals surface area (Å²) in [5.41, 5.74) is 3.17. The number of aromatic nitrogens is 1. The molecule has 2 N–H and O–H groups in total. The number of Topliss-reactive ketones (excluding diaryl/α,β-unsaturated/α-hetero) is 1. The van der Waals surface area contributed by atoms with E-state index >= 15 is 0 Å². The summed E-state index contributed by atoms with van der Waals surface area (Å²) in [6, 6.07) is 17.6. The van der Waals surface area contributed by atoms with Crippen LogP contribution in [0.2, 0.25) is 0 Å². The Kier molecular flexibility index (Phi) is 5.37. The second kappa shape index (κ2) is 7.87. The fourth-order valence-electron chi connectivity index (χ4n) is 3.09. The molecular formula is C21H23N3O2. The smallest absolute Gasteiger partial charge is 0.292 e. The zero-order valence-corrected chi connectivity index (χ0v) is 15.1. The van der Waals surface area contributed by atoms with E-state index in [0.717, 1.165) is 35.2 Å². The Bertz CT molecular complexity index is 915. The second-order valence-electron chi connectivity index (χ2n) is 6.37. The average molecular weight is 349 g/mol. The van der Waals surface area contributed by atoms with Gasteiger partial charge in [-0.25, -0.2) is 0 Å². The molecule has 1 heterocycles. The molecule has 3 rings (SSSR count). The summed E-state index contributed by atoms with van der Waals surface area (Å²) in [5.74, 6) is -1.04. The first-order chi connectivity index (χ1) is 12.6. The van der Waals surface area contributed by atoms with E-state index in [1.165, 1.54) is 0 Å². The monoisotopic (exact) mass is 349 g/mol. The van der Waals surface area contributed by atoms with Gasteiger partial charge in [-0.1, -0.05) is 36.4 Å². The molecule has 0 aliphatic rings. The standard InChI is InChI=1S/C21H23N3O2/c1-15-19(17-11-6-7-12-18(17)23-15)20(25)21(26)22-13-8-14-24(2)16-9-4-3-5-10-16/h3-7,9-12,23H,8,13-14H2,1-2H3,(H,22,26). The first-order valence-electron chi connectivity index (χ1n) is 8.74. The van der Waals surface area contributed by atoms with E-state index in [1.807, 2.05) is 68.6 Å². The number of carbonyl (C=O) groups is 2. The van der Waals surface area contributed by atoms with Crippen LogP contribution in [0.25, 0.3) is 10.9 Å². The SMILES string of the molecule is Cc1[nH]c2ccccc2c1C(=O)C(=O)NCCCN(C)c1ccccc1. The number of anilines is 1. The minimum atomic E-state index is -0.555. The van der Waals surface area contributed by atoms with Crippen LogP contribution in [-0.4, -0.2) is 36.8 Å². The van der Waals surface area contributed by atoms with E-state index in [0.29, 0.717) is 12.1 Å². The molecule has 5 nitrogen and oxygen atoms in total. The number of benzene rings is 2. The minimum Gasteiger partial charge on any atom is -0.375 e. The summed E-state index contributed by atoms with van der Waals surface area (Å²) >= 11 is 0. The number of amides is 1. The van der Waals surface area contributed by atoms with E-state index in [4.69, 9.17) is 0 Å². The van der Waals surface area contributed by atoms with Crippen molar-refractivity contribution in [3.63, 3.8) is 0 Å². The highest BCUT2D eigenvalue weighted by Gasteiger charge is 2.22. The predicted octanol–water partition coefficient (Wildman–Crippen LogP) is 3.30. The highest BCUT2D eigenvalue weighted by atomic mass is 16.2. The zero-order valence-electron chi connectivity index (χ0n) is 15.1. The number of nitrogens with zero attached hydrogens (tertiary/aromatic N) is 1. The Morgan fingerprint density at radius 3 is 2.50 bits per heavy atom. The molecule has 1 amide bonds. The Labute approximate surface area is 153 Å². The van der Waals surface area contributed by atoms with Crippen molar-refractivity contribution >= 4 is 28.3 Å². The van der Waals surface area contributed by atoms with Gasteiger partial charge in [0.2, 0.25) is 0 Å². The number of hydrogen-bond acceptors (Lipinski definition) is 3. The number of para-hydroxylation sites is 2. The quantitative estimate of drug-likeness (QED) is 0.391. The maximum atomic E-state index is 12.5. The molecule has 0 unspecified atom stereocenters. The van der Waals surface area contributed by atoms with Crippen LogP contribution in [0.5, 0.6) is 0 Å². The molecule has 2 aromatic carbocycles. The lowest BCUT2D eigenvalue weighted by atomic mass is 10.1. The number of nitrogens with one attached hydrogen (secondary N) is 2. The van der Waals surface area contributed by atoms with Gasteiger partial charge < -0.3 is 15.2 Å². The molecular weight excluding hydrogens is 326 g/mol. The second-order valence-corrected chi connectivity index (χ2v) is 6.37. The van der Waals surface area contributed by atoms with Crippen LogP contribution < -0.4 is 10.2 Å². The molecule has 134 valence electrons. The van der Waals surface area contributed by atoms with E-state index in [1.54, 1.807) is 0 Å². The molecule has 0 fully saturated rings. The number of rotatable bonds is 7. The third-order valence-corrected chi connectivity index (χ3v) is 4.48. The van der Waals surface area contributed by atoms with Gasteiger partial charge in [0.1, 0.15) is 0 Å². The van der Waals surface area contributed by atoms with Crippen molar-refractivity contribution in [2.75, 3.05) is 25.0 Å². The highest BCUT2D eigenvalue weighted by Crippen LogP contribution is 2.22. The van der Waals surface area contributed by atoms with Gasteiger partial charge in [0, 0.05) is 42.4 Å². The molecule has 0 atom stereocenters. The van der Waals surface area contributed by atoms with Gasteiger partial charge in [0.05, 0.1) is 5.56 Å². The van der Waals surface area contributed by atoms with Crippen molar-refractivity contribution in [1.82, 2.24) is 10.3 Å². The van der Waals surface area contributed by atoms with Crippen LogP contribution >= 0.6 is 0 Å². The minimum absolute atomic E-state index is 0.458. The number of H-pyrrole nitrogens is 1. The first kappa shape index (κ1) is 17.7. The van der Waals surface area contributed by atoms with Crippen molar-refractivity contribution in [2.24, 2.45) is 0 Å².